The second kappa shape index (κ2) is 6.29. The second-order valence-electron chi connectivity index (χ2n) is 4.65. The summed E-state index contributed by atoms with van der Waals surface area (Å²) in [6.07, 6.45) is 5.24. The van der Waals surface area contributed by atoms with Crippen molar-refractivity contribution in [2.45, 2.75) is 19.5 Å². The molecule has 2 N–H and O–H groups in total. The summed E-state index contributed by atoms with van der Waals surface area (Å²) in [5.41, 5.74) is 2.78. The predicted octanol–water partition coefficient (Wildman–Crippen LogP) is 0.700. The number of likely N-dealkylation sites (N-methyl/N-ethyl adjacent to an activating group) is 1. The molecule has 0 fully saturated rings. The largest absolute Gasteiger partial charge is 0.349 e. The lowest BCUT2D eigenvalue weighted by atomic mass is 10.1. The van der Waals surface area contributed by atoms with Crippen molar-refractivity contribution in [2.24, 2.45) is 7.05 Å². The number of rotatable bonds is 5. The number of pyridine rings is 1. The van der Waals surface area contributed by atoms with Crippen LogP contribution in [0.25, 0.3) is 0 Å². The molecule has 6 heteroatoms. The zero-order chi connectivity index (χ0) is 14.5. The maximum Gasteiger partial charge on any atom is 0.242 e. The summed E-state index contributed by atoms with van der Waals surface area (Å²) in [6, 6.07) is 3.45. The minimum absolute atomic E-state index is 0.0921. The number of hydrogen-bond donors (Lipinski definition) is 2. The summed E-state index contributed by atoms with van der Waals surface area (Å²) in [5, 5.41) is 9.98. The van der Waals surface area contributed by atoms with Gasteiger partial charge in [0.1, 0.15) is 6.04 Å². The first-order valence-corrected chi connectivity index (χ1v) is 6.46. The van der Waals surface area contributed by atoms with Crippen LogP contribution in [0.1, 0.15) is 22.9 Å². The number of nitrogens with zero attached hydrogens (tertiary/aromatic N) is 3. The van der Waals surface area contributed by atoms with Crippen molar-refractivity contribution >= 4 is 5.91 Å². The second-order valence-corrected chi connectivity index (χ2v) is 4.65. The van der Waals surface area contributed by atoms with E-state index in [-0.39, 0.29) is 5.91 Å². The van der Waals surface area contributed by atoms with Gasteiger partial charge >= 0.3 is 0 Å². The SMILES string of the molecule is CNC(C(=O)NCc1ncccc1C)c1cnn(C)c1. The number of aromatic nitrogens is 3. The van der Waals surface area contributed by atoms with Gasteiger partial charge in [-0.05, 0) is 25.6 Å². The molecule has 0 aliphatic heterocycles. The Bertz CT molecular complexity index is 593. The molecular weight excluding hydrogens is 254 g/mol. The van der Waals surface area contributed by atoms with E-state index in [9.17, 15) is 4.79 Å². The van der Waals surface area contributed by atoms with Crippen LogP contribution in [-0.2, 0) is 18.4 Å². The number of amides is 1. The molecule has 0 aromatic carbocycles. The van der Waals surface area contributed by atoms with Gasteiger partial charge in [-0.1, -0.05) is 6.07 Å². The number of carbonyl (C=O) groups is 1. The smallest absolute Gasteiger partial charge is 0.242 e. The minimum Gasteiger partial charge on any atom is -0.349 e. The first kappa shape index (κ1) is 14.2. The maximum atomic E-state index is 12.2. The molecule has 6 nitrogen and oxygen atoms in total. The molecule has 2 aromatic rings. The van der Waals surface area contributed by atoms with Gasteiger partial charge in [0, 0.05) is 25.0 Å². The quantitative estimate of drug-likeness (QED) is 0.841. The van der Waals surface area contributed by atoms with Gasteiger partial charge in [0.15, 0.2) is 0 Å². The molecule has 0 bridgehead atoms. The molecule has 1 amide bonds. The highest BCUT2D eigenvalue weighted by Gasteiger charge is 2.19. The van der Waals surface area contributed by atoms with Crippen LogP contribution in [0.4, 0.5) is 0 Å². The van der Waals surface area contributed by atoms with Gasteiger partial charge in [-0.15, -0.1) is 0 Å². The third-order valence-electron chi connectivity index (χ3n) is 3.16. The van der Waals surface area contributed by atoms with Crippen LogP contribution in [0.15, 0.2) is 30.7 Å². The summed E-state index contributed by atoms with van der Waals surface area (Å²) in [5.74, 6) is -0.0921. The Hall–Kier alpha value is -2.21. The summed E-state index contributed by atoms with van der Waals surface area (Å²) in [7, 11) is 3.58. The molecule has 2 aromatic heterocycles. The Morgan fingerprint density at radius 2 is 2.30 bits per heavy atom. The molecule has 106 valence electrons. The number of aryl methyl sites for hydroxylation is 2. The average molecular weight is 273 g/mol. The monoisotopic (exact) mass is 273 g/mol. The molecule has 1 atom stereocenters. The van der Waals surface area contributed by atoms with E-state index >= 15 is 0 Å². The number of hydrogen-bond acceptors (Lipinski definition) is 4. The molecule has 0 saturated heterocycles. The third-order valence-corrected chi connectivity index (χ3v) is 3.16. The van der Waals surface area contributed by atoms with Crippen LogP contribution in [0, 0.1) is 6.92 Å². The lowest BCUT2D eigenvalue weighted by molar-refractivity contribution is -0.123. The van der Waals surface area contributed by atoms with Crippen molar-refractivity contribution in [3.8, 4) is 0 Å². The topological polar surface area (TPSA) is 71.8 Å². The van der Waals surface area contributed by atoms with E-state index in [2.05, 4.69) is 20.7 Å². The molecule has 0 saturated carbocycles. The fourth-order valence-electron chi connectivity index (χ4n) is 2.01. The summed E-state index contributed by atoms with van der Waals surface area (Å²) in [4.78, 5) is 16.5. The molecule has 0 aliphatic rings. The Balaban J connectivity index is 2.02. The Morgan fingerprint density at radius 3 is 2.90 bits per heavy atom. The highest BCUT2D eigenvalue weighted by Crippen LogP contribution is 2.11. The van der Waals surface area contributed by atoms with Gasteiger partial charge in [0.05, 0.1) is 18.4 Å². The van der Waals surface area contributed by atoms with Crippen LogP contribution in [-0.4, -0.2) is 27.7 Å². The predicted molar refractivity (Wildman–Crippen MR) is 75.8 cm³/mol. The third kappa shape index (κ3) is 3.21. The summed E-state index contributed by atoms with van der Waals surface area (Å²) < 4.78 is 1.68. The summed E-state index contributed by atoms with van der Waals surface area (Å²) in [6.45, 7) is 2.40. The molecule has 2 rings (SSSR count). The molecule has 2 heterocycles. The van der Waals surface area contributed by atoms with E-state index in [0.717, 1.165) is 16.8 Å². The van der Waals surface area contributed by atoms with Crippen LogP contribution < -0.4 is 10.6 Å². The van der Waals surface area contributed by atoms with E-state index < -0.39 is 6.04 Å². The number of nitrogens with one attached hydrogen (secondary N) is 2. The molecule has 20 heavy (non-hydrogen) atoms. The number of carbonyl (C=O) groups excluding carboxylic acids is 1. The van der Waals surface area contributed by atoms with E-state index in [1.807, 2.05) is 32.3 Å². The first-order chi connectivity index (χ1) is 9.61. The van der Waals surface area contributed by atoms with Gasteiger partial charge in [-0.25, -0.2) is 0 Å². The molecule has 0 radical (unpaired) electrons. The fraction of sp³-hybridized carbons (Fsp3) is 0.357. The van der Waals surface area contributed by atoms with E-state index in [1.165, 1.54) is 0 Å². The van der Waals surface area contributed by atoms with Gasteiger partial charge in [0.25, 0.3) is 0 Å². The van der Waals surface area contributed by atoms with Crippen LogP contribution >= 0.6 is 0 Å². The van der Waals surface area contributed by atoms with Crippen LogP contribution in [0.2, 0.25) is 0 Å². The minimum atomic E-state index is -0.410. The fourth-order valence-corrected chi connectivity index (χ4v) is 2.01. The van der Waals surface area contributed by atoms with Crippen LogP contribution in [0.3, 0.4) is 0 Å². The molecular formula is C14H19N5O. The van der Waals surface area contributed by atoms with E-state index in [1.54, 1.807) is 24.1 Å². The van der Waals surface area contributed by atoms with Gasteiger partial charge < -0.3 is 10.6 Å². The Labute approximate surface area is 118 Å². The highest BCUT2D eigenvalue weighted by molar-refractivity contribution is 5.82. The van der Waals surface area contributed by atoms with E-state index in [0.29, 0.717) is 6.54 Å². The van der Waals surface area contributed by atoms with Gasteiger partial charge in [-0.3, -0.25) is 14.5 Å². The van der Waals surface area contributed by atoms with E-state index in [4.69, 9.17) is 0 Å². The van der Waals surface area contributed by atoms with Crippen molar-refractivity contribution in [1.82, 2.24) is 25.4 Å². The Kier molecular flexibility index (Phi) is 4.47. The lowest BCUT2D eigenvalue weighted by Gasteiger charge is -2.14. The first-order valence-electron chi connectivity index (χ1n) is 6.46. The normalized spacial score (nSPS) is 12.2. The van der Waals surface area contributed by atoms with Crippen molar-refractivity contribution in [3.05, 3.63) is 47.5 Å². The highest BCUT2D eigenvalue weighted by atomic mass is 16.2. The lowest BCUT2D eigenvalue weighted by Crippen LogP contribution is -2.35. The van der Waals surface area contributed by atoms with Crippen LogP contribution in [0.5, 0.6) is 0 Å². The van der Waals surface area contributed by atoms with Crippen molar-refractivity contribution in [1.29, 1.82) is 0 Å². The zero-order valence-corrected chi connectivity index (χ0v) is 11.9. The summed E-state index contributed by atoms with van der Waals surface area (Å²) >= 11 is 0. The van der Waals surface area contributed by atoms with Crippen molar-refractivity contribution in [3.63, 3.8) is 0 Å². The van der Waals surface area contributed by atoms with Crippen molar-refractivity contribution in [2.75, 3.05) is 7.05 Å². The standard InChI is InChI=1S/C14H19N5O/c1-10-5-4-6-16-12(10)8-17-14(20)13(15-2)11-7-18-19(3)9-11/h4-7,9,13,15H,8H2,1-3H3,(H,17,20). The molecule has 0 aliphatic carbocycles. The Morgan fingerprint density at radius 1 is 1.50 bits per heavy atom. The van der Waals surface area contributed by atoms with Gasteiger partial charge in [0.2, 0.25) is 5.91 Å². The van der Waals surface area contributed by atoms with Crippen molar-refractivity contribution < 1.29 is 4.79 Å². The maximum absolute atomic E-state index is 12.2. The van der Waals surface area contributed by atoms with Gasteiger partial charge in [-0.2, -0.15) is 5.10 Å². The molecule has 1 unspecified atom stereocenters. The molecule has 0 spiro atoms. The average Bonchev–Trinajstić information content (AvgIpc) is 2.85. The zero-order valence-electron chi connectivity index (χ0n) is 11.9.